The minimum atomic E-state index is -0.0160. The molecule has 0 aliphatic carbocycles. The first-order chi connectivity index (χ1) is 4.95. The van der Waals surface area contributed by atoms with Gasteiger partial charge in [0.25, 0.3) is 0 Å². The molecule has 0 N–H and O–H groups in total. The minimum Gasteiger partial charge on any atom is -0.299 e. The molecule has 72 valence electrons. The zero-order valence-electron chi connectivity index (χ0n) is 8.03. The summed E-state index contributed by atoms with van der Waals surface area (Å²) < 4.78 is 0. The molecule has 0 radical (unpaired) electrons. The van der Waals surface area contributed by atoms with Gasteiger partial charge in [-0.2, -0.15) is 0 Å². The molecular weight excluding hydrogens is 196 g/mol. The van der Waals surface area contributed by atoms with E-state index in [2.05, 4.69) is 0 Å². The maximum absolute atomic E-state index is 11.0. The zero-order valence-corrected chi connectivity index (χ0v) is 9.14. The second kappa shape index (κ2) is 6.38. The summed E-state index contributed by atoms with van der Waals surface area (Å²) in [7, 11) is 0. The van der Waals surface area contributed by atoms with Crippen LogP contribution in [0.25, 0.3) is 0 Å². The maximum Gasteiger partial charge on any atom is 0.142 e. The summed E-state index contributed by atoms with van der Waals surface area (Å²) in [6.45, 7) is 7.26. The first kappa shape index (κ1) is 14.4. The van der Waals surface area contributed by atoms with E-state index in [0.29, 0.717) is 0 Å². The summed E-state index contributed by atoms with van der Waals surface area (Å²) in [5.41, 5.74) is 0. The average molecular weight is 212 g/mol. The van der Waals surface area contributed by atoms with E-state index in [-0.39, 0.29) is 46.9 Å². The van der Waals surface area contributed by atoms with Crippen molar-refractivity contribution in [1.29, 1.82) is 0 Å². The van der Waals surface area contributed by atoms with Crippen LogP contribution in [0.4, 0.5) is 0 Å². The van der Waals surface area contributed by atoms with Gasteiger partial charge in [-0.05, 0) is 0 Å². The fourth-order valence-corrected chi connectivity index (χ4v) is 0.580. The van der Waals surface area contributed by atoms with Crippen LogP contribution in [0.1, 0.15) is 34.1 Å². The van der Waals surface area contributed by atoms with Gasteiger partial charge in [0.05, 0.1) is 6.42 Å². The van der Waals surface area contributed by atoms with Gasteiger partial charge in [0.2, 0.25) is 0 Å². The van der Waals surface area contributed by atoms with Gasteiger partial charge in [-0.25, -0.2) is 0 Å². The molecule has 0 unspecified atom stereocenters. The Hall–Kier alpha value is -0.141. The number of ketones is 2. The van der Waals surface area contributed by atoms with E-state index in [4.69, 9.17) is 0 Å². The van der Waals surface area contributed by atoms with Crippen molar-refractivity contribution in [2.75, 3.05) is 0 Å². The molecule has 12 heavy (non-hydrogen) atoms. The maximum atomic E-state index is 11.0. The van der Waals surface area contributed by atoms with Crippen LogP contribution in [0, 0.1) is 11.8 Å². The van der Waals surface area contributed by atoms with Gasteiger partial charge in [-0.1, -0.05) is 27.7 Å². The van der Waals surface area contributed by atoms with Crippen LogP contribution < -0.4 is 0 Å². The molecule has 0 saturated heterocycles. The number of hydrogen-bond donors (Lipinski definition) is 0. The molecule has 0 rings (SSSR count). The third-order valence-corrected chi connectivity index (χ3v) is 1.64. The predicted molar refractivity (Wildman–Crippen MR) is 44.3 cm³/mol. The molecule has 0 atom stereocenters. The summed E-state index contributed by atoms with van der Waals surface area (Å²) in [4.78, 5) is 22.1. The quantitative estimate of drug-likeness (QED) is 0.526. The largest absolute Gasteiger partial charge is 0.299 e. The molecule has 0 bridgehead atoms. The van der Waals surface area contributed by atoms with Crippen LogP contribution in [0.2, 0.25) is 0 Å². The van der Waals surface area contributed by atoms with E-state index < -0.39 is 0 Å². The smallest absolute Gasteiger partial charge is 0.142 e. The van der Waals surface area contributed by atoms with Crippen LogP contribution in [0.5, 0.6) is 0 Å². The molecule has 0 aliphatic rings. The molecule has 0 aliphatic heterocycles. The molecule has 3 heteroatoms. The number of rotatable bonds is 4. The Morgan fingerprint density at radius 2 is 1.17 bits per heavy atom. The van der Waals surface area contributed by atoms with Crippen molar-refractivity contribution in [3.05, 3.63) is 0 Å². The van der Waals surface area contributed by atoms with Crippen molar-refractivity contribution < 1.29 is 26.7 Å². The van der Waals surface area contributed by atoms with Gasteiger partial charge in [0, 0.05) is 28.9 Å². The van der Waals surface area contributed by atoms with Gasteiger partial charge in [-0.15, -0.1) is 0 Å². The molecule has 0 aromatic carbocycles. The Kier molecular flexibility index (Phi) is 7.65. The van der Waals surface area contributed by atoms with Gasteiger partial charge in [0.15, 0.2) is 0 Å². The van der Waals surface area contributed by atoms with E-state index in [0.717, 1.165) is 0 Å². The van der Waals surface area contributed by atoms with E-state index in [1.807, 2.05) is 27.7 Å². The van der Waals surface area contributed by atoms with Crippen LogP contribution in [0.15, 0.2) is 0 Å². The van der Waals surface area contributed by atoms with Crippen LogP contribution >= 0.6 is 0 Å². The average Bonchev–Trinajstić information content (AvgIpc) is 1.87. The Morgan fingerprint density at radius 3 is 1.33 bits per heavy atom. The van der Waals surface area contributed by atoms with Crippen LogP contribution in [0.3, 0.4) is 0 Å². The molecule has 0 aromatic rings. The third kappa shape index (κ3) is 5.50. The summed E-state index contributed by atoms with van der Waals surface area (Å²) in [5, 5.41) is 0. The van der Waals surface area contributed by atoms with Gasteiger partial charge in [-0.3, -0.25) is 9.59 Å². The summed E-state index contributed by atoms with van der Waals surface area (Å²) in [6.07, 6.45) is 0.106. The molecule has 0 amide bonds. The Morgan fingerprint density at radius 1 is 0.917 bits per heavy atom. The van der Waals surface area contributed by atoms with Gasteiger partial charge >= 0.3 is 0 Å². The predicted octanol–water partition coefficient (Wildman–Crippen LogP) is 1.82. The molecule has 0 spiro atoms. The Labute approximate surface area is 84.6 Å². The fraction of sp³-hybridized carbons (Fsp3) is 0.778. The molecule has 0 aromatic heterocycles. The van der Waals surface area contributed by atoms with Crippen molar-refractivity contribution >= 4 is 11.6 Å². The van der Waals surface area contributed by atoms with Crippen molar-refractivity contribution in [3.63, 3.8) is 0 Å². The first-order valence-corrected chi connectivity index (χ1v) is 4.00. The topological polar surface area (TPSA) is 34.1 Å². The molecular formula is C9H16FeO2. The number of carbonyl (C=O) groups is 2. The summed E-state index contributed by atoms with van der Waals surface area (Å²) in [5.74, 6) is 0.0581. The zero-order chi connectivity index (χ0) is 9.02. The second-order valence-corrected chi connectivity index (χ2v) is 3.42. The fourth-order valence-electron chi connectivity index (χ4n) is 0.580. The van der Waals surface area contributed by atoms with Crippen molar-refractivity contribution in [1.82, 2.24) is 0 Å². The Bertz CT molecular complexity index is 144. The van der Waals surface area contributed by atoms with Crippen LogP contribution in [-0.2, 0) is 26.7 Å². The summed E-state index contributed by atoms with van der Waals surface area (Å²) in [6, 6.07) is 0. The number of hydrogen-bond acceptors (Lipinski definition) is 2. The monoisotopic (exact) mass is 212 g/mol. The minimum absolute atomic E-state index is 0. The van der Waals surface area contributed by atoms with Gasteiger partial charge < -0.3 is 0 Å². The first-order valence-electron chi connectivity index (χ1n) is 4.00. The van der Waals surface area contributed by atoms with E-state index in [1.54, 1.807) is 0 Å². The standard InChI is InChI=1S/C9H16O2.Fe/c1-6(2)8(10)5-9(11)7(3)4;/h6-7H,5H2,1-4H3;. The van der Waals surface area contributed by atoms with E-state index >= 15 is 0 Å². The third-order valence-electron chi connectivity index (χ3n) is 1.64. The molecule has 0 fully saturated rings. The summed E-state index contributed by atoms with van der Waals surface area (Å²) >= 11 is 0. The number of Topliss-reactive ketones (excluding diaryl/α,β-unsaturated/α-hetero) is 2. The van der Waals surface area contributed by atoms with Gasteiger partial charge in [0.1, 0.15) is 11.6 Å². The SMILES string of the molecule is CC(C)C(=O)CC(=O)C(C)C.[Fe]. The van der Waals surface area contributed by atoms with Crippen molar-refractivity contribution in [2.45, 2.75) is 34.1 Å². The Balaban J connectivity index is 0. The molecule has 2 nitrogen and oxygen atoms in total. The number of carbonyl (C=O) groups excluding carboxylic acids is 2. The van der Waals surface area contributed by atoms with E-state index in [1.165, 1.54) is 0 Å². The van der Waals surface area contributed by atoms with Crippen molar-refractivity contribution in [3.8, 4) is 0 Å². The molecule has 0 saturated carbocycles. The normalized spacial score (nSPS) is 9.83. The molecule has 0 heterocycles. The van der Waals surface area contributed by atoms with Crippen molar-refractivity contribution in [2.24, 2.45) is 11.8 Å². The van der Waals surface area contributed by atoms with E-state index in [9.17, 15) is 9.59 Å². The second-order valence-electron chi connectivity index (χ2n) is 3.42. The van der Waals surface area contributed by atoms with Crippen LogP contribution in [-0.4, -0.2) is 11.6 Å².